The van der Waals surface area contributed by atoms with E-state index < -0.39 is 0 Å². The van der Waals surface area contributed by atoms with Crippen molar-refractivity contribution in [2.24, 2.45) is 0 Å². The van der Waals surface area contributed by atoms with Gasteiger partial charge in [-0.15, -0.1) is 10.2 Å². The first kappa shape index (κ1) is 9.29. The molecule has 0 fully saturated rings. The maximum Gasteiger partial charge on any atom is 0.141 e. The number of fused-ring (bicyclic) bond motifs is 2. The van der Waals surface area contributed by atoms with Crippen LogP contribution in [0.5, 0.6) is 0 Å². The van der Waals surface area contributed by atoms with E-state index in [1.165, 1.54) is 0 Å². The van der Waals surface area contributed by atoms with Crippen LogP contribution in [0.15, 0.2) is 36.5 Å². The predicted octanol–water partition coefficient (Wildman–Crippen LogP) is 1.90. The minimum absolute atomic E-state index is 0.711. The van der Waals surface area contributed by atoms with Gasteiger partial charge in [0.25, 0.3) is 0 Å². The van der Waals surface area contributed by atoms with Gasteiger partial charge in [0.15, 0.2) is 0 Å². The van der Waals surface area contributed by atoms with E-state index in [1.54, 1.807) is 0 Å². The van der Waals surface area contributed by atoms with E-state index in [-0.39, 0.29) is 0 Å². The number of aromatic nitrogens is 6. The van der Waals surface area contributed by atoms with Crippen molar-refractivity contribution < 1.29 is 0 Å². The van der Waals surface area contributed by atoms with Gasteiger partial charge in [0.1, 0.15) is 16.9 Å². The first-order chi connectivity index (χ1) is 8.93. The lowest BCUT2D eigenvalue weighted by Gasteiger charge is -1.97. The maximum atomic E-state index is 4.32. The molecule has 0 saturated heterocycles. The van der Waals surface area contributed by atoms with Gasteiger partial charge in [0.05, 0.1) is 11.0 Å². The summed E-state index contributed by atoms with van der Waals surface area (Å²) in [6.45, 7) is 0. The molecule has 0 atom stereocenters. The number of H-pyrrole nitrogens is 2. The SMILES string of the molecule is c1ccc2c(-c3nnnc4cc[nH]c34)n[nH]c2c1. The van der Waals surface area contributed by atoms with Crippen molar-refractivity contribution in [1.29, 1.82) is 0 Å². The van der Waals surface area contributed by atoms with Crippen LogP contribution in [0.4, 0.5) is 0 Å². The molecule has 18 heavy (non-hydrogen) atoms. The molecule has 2 N–H and O–H groups in total. The zero-order valence-corrected chi connectivity index (χ0v) is 9.25. The van der Waals surface area contributed by atoms with E-state index in [2.05, 4.69) is 30.6 Å². The smallest absolute Gasteiger partial charge is 0.141 e. The highest BCUT2D eigenvalue weighted by Gasteiger charge is 2.14. The molecule has 6 nitrogen and oxygen atoms in total. The van der Waals surface area contributed by atoms with E-state index in [0.29, 0.717) is 5.69 Å². The molecule has 0 amide bonds. The summed E-state index contributed by atoms with van der Waals surface area (Å²) >= 11 is 0. The number of hydrogen-bond acceptors (Lipinski definition) is 4. The van der Waals surface area contributed by atoms with Gasteiger partial charge in [-0.2, -0.15) is 5.10 Å². The van der Waals surface area contributed by atoms with E-state index in [9.17, 15) is 0 Å². The largest absolute Gasteiger partial charge is 0.358 e. The Labute approximate surface area is 101 Å². The van der Waals surface area contributed by atoms with Crippen molar-refractivity contribution >= 4 is 21.9 Å². The molecule has 0 bridgehead atoms. The Bertz CT molecular complexity index is 844. The topological polar surface area (TPSA) is 83.1 Å². The third-order valence-corrected chi connectivity index (χ3v) is 2.95. The molecule has 0 saturated carbocycles. The first-order valence-electron chi connectivity index (χ1n) is 5.53. The molecule has 0 spiro atoms. The maximum absolute atomic E-state index is 4.32. The third-order valence-electron chi connectivity index (χ3n) is 2.95. The van der Waals surface area contributed by atoms with Crippen molar-refractivity contribution in [3.05, 3.63) is 36.5 Å². The zero-order chi connectivity index (χ0) is 11.9. The summed E-state index contributed by atoms with van der Waals surface area (Å²) in [7, 11) is 0. The van der Waals surface area contributed by atoms with Gasteiger partial charge < -0.3 is 4.98 Å². The predicted molar refractivity (Wildman–Crippen MR) is 66.8 cm³/mol. The fraction of sp³-hybridized carbons (Fsp3) is 0. The first-order valence-corrected chi connectivity index (χ1v) is 5.53. The van der Waals surface area contributed by atoms with Gasteiger partial charge in [-0.1, -0.05) is 18.2 Å². The van der Waals surface area contributed by atoms with Crippen LogP contribution in [-0.2, 0) is 0 Å². The minimum atomic E-state index is 0.711. The third kappa shape index (κ3) is 1.17. The van der Waals surface area contributed by atoms with E-state index >= 15 is 0 Å². The van der Waals surface area contributed by atoms with Crippen LogP contribution in [0.2, 0.25) is 0 Å². The zero-order valence-electron chi connectivity index (χ0n) is 9.25. The van der Waals surface area contributed by atoms with E-state index in [4.69, 9.17) is 0 Å². The van der Waals surface area contributed by atoms with Crippen LogP contribution in [-0.4, -0.2) is 30.6 Å². The molecule has 3 aromatic heterocycles. The van der Waals surface area contributed by atoms with Gasteiger partial charge in [-0.3, -0.25) is 5.10 Å². The number of para-hydroxylation sites is 1. The Kier molecular flexibility index (Phi) is 1.74. The second-order valence-electron chi connectivity index (χ2n) is 3.99. The Hall–Kier alpha value is -2.76. The monoisotopic (exact) mass is 236 g/mol. The van der Waals surface area contributed by atoms with Crippen LogP contribution >= 0.6 is 0 Å². The molecule has 6 heteroatoms. The number of aromatic amines is 2. The van der Waals surface area contributed by atoms with Crippen LogP contribution in [0.25, 0.3) is 33.3 Å². The summed E-state index contributed by atoms with van der Waals surface area (Å²) < 4.78 is 0. The van der Waals surface area contributed by atoms with Gasteiger partial charge in [0, 0.05) is 11.6 Å². The standard InChI is InChI=1S/C12H8N6/c1-2-4-8-7(3-1)10(16-14-8)12-11-9(5-6-13-11)15-18-17-12/h1-6,13H,(H,14,16). The molecule has 1 aromatic carbocycles. The van der Waals surface area contributed by atoms with Gasteiger partial charge in [0.2, 0.25) is 0 Å². The van der Waals surface area contributed by atoms with Gasteiger partial charge >= 0.3 is 0 Å². The molecule has 0 aliphatic carbocycles. The summed E-state index contributed by atoms with van der Waals surface area (Å²) in [6.07, 6.45) is 1.82. The molecule has 0 aliphatic heterocycles. The highest BCUT2D eigenvalue weighted by molar-refractivity contribution is 5.98. The Balaban J connectivity index is 2.10. The fourth-order valence-corrected chi connectivity index (χ4v) is 2.11. The lowest BCUT2D eigenvalue weighted by molar-refractivity contribution is 0.896. The van der Waals surface area contributed by atoms with Gasteiger partial charge in [-0.05, 0) is 17.3 Å². The minimum Gasteiger partial charge on any atom is -0.358 e. The Morgan fingerprint density at radius 2 is 1.89 bits per heavy atom. The highest BCUT2D eigenvalue weighted by Crippen LogP contribution is 2.27. The molecule has 0 unspecified atom stereocenters. The molecule has 4 aromatic rings. The summed E-state index contributed by atoms with van der Waals surface area (Å²) in [5.74, 6) is 0. The number of hydrogen-bond donors (Lipinski definition) is 2. The Morgan fingerprint density at radius 1 is 0.944 bits per heavy atom. The van der Waals surface area contributed by atoms with Crippen molar-refractivity contribution in [2.75, 3.05) is 0 Å². The number of nitrogens with one attached hydrogen (secondary N) is 2. The summed E-state index contributed by atoms with van der Waals surface area (Å²) in [4.78, 5) is 3.12. The van der Waals surface area contributed by atoms with Crippen LogP contribution in [0.3, 0.4) is 0 Å². The highest BCUT2D eigenvalue weighted by atomic mass is 15.3. The molecule has 0 aliphatic rings. The molecule has 0 radical (unpaired) electrons. The van der Waals surface area contributed by atoms with E-state index in [0.717, 1.165) is 27.6 Å². The molecule has 86 valence electrons. The average Bonchev–Trinajstić information content (AvgIpc) is 3.05. The van der Waals surface area contributed by atoms with Crippen molar-refractivity contribution in [3.63, 3.8) is 0 Å². The summed E-state index contributed by atoms with van der Waals surface area (Å²) in [5, 5.41) is 20.2. The normalized spacial score (nSPS) is 11.3. The van der Waals surface area contributed by atoms with Crippen molar-refractivity contribution in [1.82, 2.24) is 30.6 Å². The van der Waals surface area contributed by atoms with Crippen LogP contribution < -0.4 is 0 Å². The van der Waals surface area contributed by atoms with Crippen LogP contribution in [0.1, 0.15) is 0 Å². The number of rotatable bonds is 1. The molecule has 3 heterocycles. The molecular formula is C12H8N6. The van der Waals surface area contributed by atoms with E-state index in [1.807, 2.05) is 36.5 Å². The quantitative estimate of drug-likeness (QED) is 0.528. The lowest BCUT2D eigenvalue weighted by Crippen LogP contribution is -1.93. The number of benzene rings is 1. The molecule has 4 rings (SSSR count). The second-order valence-corrected chi connectivity index (χ2v) is 3.99. The van der Waals surface area contributed by atoms with Crippen molar-refractivity contribution in [3.8, 4) is 11.4 Å². The van der Waals surface area contributed by atoms with Crippen molar-refractivity contribution in [2.45, 2.75) is 0 Å². The second kappa shape index (κ2) is 3.36. The fourth-order valence-electron chi connectivity index (χ4n) is 2.11. The average molecular weight is 236 g/mol. The van der Waals surface area contributed by atoms with Gasteiger partial charge in [-0.25, -0.2) is 0 Å². The summed E-state index contributed by atoms with van der Waals surface area (Å²) in [5.41, 5.74) is 4.11. The summed E-state index contributed by atoms with van der Waals surface area (Å²) in [6, 6.07) is 9.79. The number of nitrogens with zero attached hydrogens (tertiary/aromatic N) is 4. The lowest BCUT2D eigenvalue weighted by atomic mass is 10.1. The molecular weight excluding hydrogens is 228 g/mol. The van der Waals surface area contributed by atoms with Crippen LogP contribution in [0, 0.1) is 0 Å². The Morgan fingerprint density at radius 3 is 2.89 bits per heavy atom.